The van der Waals surface area contributed by atoms with Gasteiger partial charge in [-0.1, -0.05) is 24.3 Å². The summed E-state index contributed by atoms with van der Waals surface area (Å²) in [5.74, 6) is -0.228. The van der Waals surface area contributed by atoms with Crippen molar-refractivity contribution in [1.29, 1.82) is 0 Å². The highest BCUT2D eigenvalue weighted by molar-refractivity contribution is 7.12. The van der Waals surface area contributed by atoms with Gasteiger partial charge in [-0.3, -0.25) is 14.2 Å². The van der Waals surface area contributed by atoms with E-state index in [0.717, 1.165) is 15.5 Å². The van der Waals surface area contributed by atoms with Crippen LogP contribution in [0.1, 0.15) is 22.2 Å². The number of hydrogen-bond acceptors (Lipinski definition) is 6. The third-order valence-electron chi connectivity index (χ3n) is 4.88. The molecule has 0 saturated carbocycles. The molecule has 5 rings (SSSR count). The standard InChI is InChI=1S/C21H16N4O2S2/c26-20(12-24-13-22-15-6-2-1-5-14(15)21(24)27)25-17(19-8-4-10-29-19)11-16(23-25)18-7-3-9-28-18/h1-10,13,17H,11-12H2. The molecule has 0 N–H and O–H groups in total. The summed E-state index contributed by atoms with van der Waals surface area (Å²) in [6, 6.07) is 15.0. The smallest absolute Gasteiger partial charge is 0.263 e. The fourth-order valence-electron chi connectivity index (χ4n) is 3.47. The second kappa shape index (κ2) is 7.38. The van der Waals surface area contributed by atoms with E-state index < -0.39 is 0 Å². The van der Waals surface area contributed by atoms with Gasteiger partial charge in [0.2, 0.25) is 0 Å². The molecule has 0 saturated heterocycles. The summed E-state index contributed by atoms with van der Waals surface area (Å²) in [5.41, 5.74) is 1.30. The first-order valence-corrected chi connectivity index (χ1v) is 10.9. The average Bonchev–Trinajstić information content (AvgIpc) is 3.50. The normalized spacial score (nSPS) is 16.3. The van der Waals surface area contributed by atoms with Gasteiger partial charge in [-0.2, -0.15) is 5.10 Å². The SMILES string of the molecule is O=C(Cn1cnc2ccccc2c1=O)N1N=C(c2cccs2)CC1c1cccs1. The molecule has 0 fully saturated rings. The lowest BCUT2D eigenvalue weighted by molar-refractivity contribution is -0.133. The molecule has 4 aromatic rings. The highest BCUT2D eigenvalue weighted by atomic mass is 32.1. The van der Waals surface area contributed by atoms with Crippen LogP contribution in [0.5, 0.6) is 0 Å². The molecular weight excluding hydrogens is 404 g/mol. The topological polar surface area (TPSA) is 67.6 Å². The maximum absolute atomic E-state index is 13.2. The molecule has 6 nitrogen and oxygen atoms in total. The predicted molar refractivity (Wildman–Crippen MR) is 115 cm³/mol. The maximum Gasteiger partial charge on any atom is 0.263 e. The molecule has 1 atom stereocenters. The zero-order valence-corrected chi connectivity index (χ0v) is 16.9. The number of thiophene rings is 2. The highest BCUT2D eigenvalue weighted by Crippen LogP contribution is 2.36. The van der Waals surface area contributed by atoms with Crippen molar-refractivity contribution in [3.63, 3.8) is 0 Å². The number of benzene rings is 1. The summed E-state index contributed by atoms with van der Waals surface area (Å²) in [5, 5.41) is 10.7. The summed E-state index contributed by atoms with van der Waals surface area (Å²) in [6.45, 7) is -0.0975. The molecule has 3 aromatic heterocycles. The zero-order chi connectivity index (χ0) is 19.8. The fourth-order valence-corrected chi connectivity index (χ4v) is 5.00. The van der Waals surface area contributed by atoms with E-state index >= 15 is 0 Å². The number of amides is 1. The van der Waals surface area contributed by atoms with Gasteiger partial charge in [-0.05, 0) is 35.0 Å². The molecule has 1 aliphatic heterocycles. The summed E-state index contributed by atoms with van der Waals surface area (Å²) >= 11 is 3.22. The highest BCUT2D eigenvalue weighted by Gasteiger charge is 2.34. The Bertz CT molecular complexity index is 1260. The lowest BCUT2D eigenvalue weighted by Crippen LogP contribution is -2.33. The van der Waals surface area contributed by atoms with Gasteiger partial charge in [-0.25, -0.2) is 9.99 Å². The molecule has 8 heteroatoms. The number of para-hydroxylation sites is 1. The quantitative estimate of drug-likeness (QED) is 0.503. The number of rotatable bonds is 4. The van der Waals surface area contributed by atoms with E-state index in [2.05, 4.69) is 10.1 Å². The van der Waals surface area contributed by atoms with Crippen LogP contribution in [0.2, 0.25) is 0 Å². The first-order valence-electron chi connectivity index (χ1n) is 9.12. The second-order valence-corrected chi connectivity index (χ2v) is 8.62. The third kappa shape index (κ3) is 3.30. The van der Waals surface area contributed by atoms with Gasteiger partial charge in [0.15, 0.2) is 0 Å². The summed E-state index contributed by atoms with van der Waals surface area (Å²) < 4.78 is 1.36. The van der Waals surface area contributed by atoms with Gasteiger partial charge in [0.25, 0.3) is 11.5 Å². The molecule has 1 unspecified atom stereocenters. The molecule has 0 spiro atoms. The number of nitrogens with zero attached hydrogens (tertiary/aromatic N) is 4. The van der Waals surface area contributed by atoms with Crippen LogP contribution < -0.4 is 5.56 Å². The minimum absolute atomic E-state index is 0.0975. The van der Waals surface area contributed by atoms with Crippen LogP contribution in [0.15, 0.2) is 75.5 Å². The van der Waals surface area contributed by atoms with Crippen molar-refractivity contribution in [3.8, 4) is 0 Å². The number of fused-ring (bicyclic) bond motifs is 1. The van der Waals surface area contributed by atoms with Crippen molar-refractivity contribution >= 4 is 45.2 Å². The second-order valence-electron chi connectivity index (χ2n) is 6.69. The van der Waals surface area contributed by atoms with Crippen LogP contribution in [-0.4, -0.2) is 26.2 Å². The van der Waals surface area contributed by atoms with Crippen molar-refractivity contribution in [1.82, 2.24) is 14.6 Å². The van der Waals surface area contributed by atoms with Crippen LogP contribution in [0.25, 0.3) is 10.9 Å². The number of aromatic nitrogens is 2. The average molecular weight is 421 g/mol. The van der Waals surface area contributed by atoms with Crippen molar-refractivity contribution in [2.24, 2.45) is 5.10 Å². The van der Waals surface area contributed by atoms with Gasteiger partial charge in [0, 0.05) is 11.3 Å². The molecule has 1 aliphatic rings. The van der Waals surface area contributed by atoms with E-state index in [0.29, 0.717) is 17.3 Å². The van der Waals surface area contributed by atoms with Crippen LogP contribution in [-0.2, 0) is 11.3 Å². The minimum Gasteiger partial charge on any atom is -0.289 e. The van der Waals surface area contributed by atoms with Gasteiger partial charge in [0.1, 0.15) is 6.54 Å². The number of hydrogen-bond donors (Lipinski definition) is 0. The van der Waals surface area contributed by atoms with Crippen LogP contribution >= 0.6 is 22.7 Å². The van der Waals surface area contributed by atoms with Crippen molar-refractivity contribution in [2.75, 3.05) is 0 Å². The lowest BCUT2D eigenvalue weighted by atomic mass is 10.1. The van der Waals surface area contributed by atoms with E-state index in [1.165, 1.54) is 15.9 Å². The number of carbonyl (C=O) groups is 1. The Morgan fingerprint density at radius 2 is 1.90 bits per heavy atom. The van der Waals surface area contributed by atoms with Gasteiger partial charge >= 0.3 is 0 Å². The zero-order valence-electron chi connectivity index (χ0n) is 15.3. The van der Waals surface area contributed by atoms with Crippen molar-refractivity contribution < 1.29 is 4.79 Å². The Balaban J connectivity index is 1.48. The molecular formula is C21H16N4O2S2. The van der Waals surface area contributed by atoms with Crippen LogP contribution in [0, 0.1) is 0 Å². The predicted octanol–water partition coefficient (Wildman–Crippen LogP) is 3.90. The monoisotopic (exact) mass is 420 g/mol. The third-order valence-corrected chi connectivity index (χ3v) is 6.77. The first kappa shape index (κ1) is 18.0. The van der Waals surface area contributed by atoms with Gasteiger partial charge in [-0.15, -0.1) is 22.7 Å². The van der Waals surface area contributed by atoms with E-state index in [1.54, 1.807) is 40.9 Å². The summed E-state index contributed by atoms with van der Waals surface area (Å²) in [4.78, 5) is 32.4. The van der Waals surface area contributed by atoms with Gasteiger partial charge < -0.3 is 0 Å². The van der Waals surface area contributed by atoms with E-state index in [-0.39, 0.29) is 24.1 Å². The largest absolute Gasteiger partial charge is 0.289 e. The van der Waals surface area contributed by atoms with Crippen LogP contribution in [0.4, 0.5) is 0 Å². The Kier molecular flexibility index (Phi) is 4.57. The number of carbonyl (C=O) groups excluding carboxylic acids is 1. The Hall–Kier alpha value is -3.10. The summed E-state index contributed by atoms with van der Waals surface area (Å²) in [7, 11) is 0. The van der Waals surface area contributed by atoms with E-state index in [9.17, 15) is 9.59 Å². The van der Waals surface area contributed by atoms with Crippen molar-refractivity contribution in [2.45, 2.75) is 19.0 Å². The minimum atomic E-state index is -0.228. The Morgan fingerprint density at radius 3 is 2.69 bits per heavy atom. The Morgan fingerprint density at radius 1 is 1.07 bits per heavy atom. The first-order chi connectivity index (χ1) is 14.2. The number of hydrazone groups is 1. The summed E-state index contributed by atoms with van der Waals surface area (Å²) in [6.07, 6.45) is 2.10. The molecule has 144 valence electrons. The Labute approximate surface area is 174 Å². The molecule has 1 aromatic carbocycles. The lowest BCUT2D eigenvalue weighted by Gasteiger charge is -2.21. The molecule has 0 radical (unpaired) electrons. The fraction of sp³-hybridized carbons (Fsp3) is 0.143. The van der Waals surface area contributed by atoms with Gasteiger partial charge in [0.05, 0.1) is 33.9 Å². The van der Waals surface area contributed by atoms with Crippen molar-refractivity contribution in [3.05, 3.63) is 85.7 Å². The molecule has 0 bridgehead atoms. The molecule has 4 heterocycles. The molecule has 1 amide bonds. The molecule has 29 heavy (non-hydrogen) atoms. The maximum atomic E-state index is 13.2. The van der Waals surface area contributed by atoms with E-state index in [1.807, 2.05) is 41.1 Å². The van der Waals surface area contributed by atoms with Crippen LogP contribution in [0.3, 0.4) is 0 Å². The van der Waals surface area contributed by atoms with E-state index in [4.69, 9.17) is 0 Å². The molecule has 0 aliphatic carbocycles.